The molecule has 0 radical (unpaired) electrons. The van der Waals surface area contributed by atoms with Crippen LogP contribution in [-0.4, -0.2) is 24.2 Å². The molecule has 3 amide bonds. The predicted octanol–water partition coefficient (Wildman–Crippen LogP) is 5.04. The van der Waals surface area contributed by atoms with Gasteiger partial charge in [0.15, 0.2) is 0 Å². The summed E-state index contributed by atoms with van der Waals surface area (Å²) in [6.07, 6.45) is 0. The monoisotopic (exact) mass is 530 g/mol. The Balaban J connectivity index is 1.89. The summed E-state index contributed by atoms with van der Waals surface area (Å²) < 4.78 is 6.79. The van der Waals surface area contributed by atoms with Crippen LogP contribution >= 0.6 is 31.9 Å². The Morgan fingerprint density at radius 3 is 1.80 bits per heavy atom. The van der Waals surface area contributed by atoms with Crippen molar-refractivity contribution in [3.63, 3.8) is 0 Å². The molecule has 1 fully saturated rings. The molecule has 0 bridgehead atoms. The number of hydrogen-bond donors (Lipinski definition) is 1. The van der Waals surface area contributed by atoms with Crippen LogP contribution in [-0.2, 0) is 10.5 Å². The van der Waals surface area contributed by atoms with E-state index in [1.54, 1.807) is 72.8 Å². The molecule has 6 nitrogen and oxygen atoms in total. The van der Waals surface area contributed by atoms with Crippen LogP contribution in [0.1, 0.15) is 5.56 Å². The first-order chi connectivity index (χ1) is 14.4. The standard InChI is InChI=1S/C22H16Br2N2O4/c1-30-19-12-2-14(3-13-19)22(29)20(27)25(17-8-4-15(23)5-9-17)21(28)26(22)18-10-6-16(24)7-11-18/h2-13,29H,1H3. The first kappa shape index (κ1) is 20.6. The Morgan fingerprint density at radius 2 is 1.30 bits per heavy atom. The molecule has 0 aliphatic carbocycles. The predicted molar refractivity (Wildman–Crippen MR) is 121 cm³/mol. The molecule has 1 heterocycles. The van der Waals surface area contributed by atoms with E-state index < -0.39 is 17.7 Å². The molecule has 1 aliphatic heterocycles. The van der Waals surface area contributed by atoms with Crippen molar-refractivity contribution in [1.82, 2.24) is 0 Å². The van der Waals surface area contributed by atoms with Gasteiger partial charge in [0.25, 0.3) is 11.6 Å². The quantitative estimate of drug-likeness (QED) is 0.479. The number of carbonyl (C=O) groups is 2. The zero-order valence-electron chi connectivity index (χ0n) is 15.8. The Labute approximate surface area is 189 Å². The summed E-state index contributed by atoms with van der Waals surface area (Å²) in [6, 6.07) is 19.3. The first-order valence-electron chi connectivity index (χ1n) is 8.93. The van der Waals surface area contributed by atoms with Gasteiger partial charge in [-0.25, -0.2) is 9.69 Å². The van der Waals surface area contributed by atoms with Gasteiger partial charge < -0.3 is 9.84 Å². The van der Waals surface area contributed by atoms with Crippen LogP contribution in [0.4, 0.5) is 16.2 Å². The van der Waals surface area contributed by atoms with Crippen molar-refractivity contribution in [2.24, 2.45) is 0 Å². The second-order valence-electron chi connectivity index (χ2n) is 6.61. The molecule has 1 aliphatic rings. The minimum absolute atomic E-state index is 0.254. The fourth-order valence-corrected chi connectivity index (χ4v) is 3.89. The fraction of sp³-hybridized carbons (Fsp3) is 0.0909. The van der Waals surface area contributed by atoms with Gasteiger partial charge in [0.05, 0.1) is 12.8 Å². The molecule has 1 saturated heterocycles. The number of imide groups is 1. The summed E-state index contributed by atoms with van der Waals surface area (Å²) >= 11 is 6.71. The number of methoxy groups -OCH3 is 1. The minimum atomic E-state index is -2.22. The number of amides is 3. The Morgan fingerprint density at radius 1 is 0.800 bits per heavy atom. The number of rotatable bonds is 4. The lowest BCUT2D eigenvalue weighted by Crippen LogP contribution is -2.47. The van der Waals surface area contributed by atoms with Gasteiger partial charge in [-0.15, -0.1) is 0 Å². The summed E-state index contributed by atoms with van der Waals surface area (Å²) in [6.45, 7) is 0. The summed E-state index contributed by atoms with van der Waals surface area (Å²) in [5, 5.41) is 11.7. The van der Waals surface area contributed by atoms with E-state index in [4.69, 9.17) is 4.74 Å². The zero-order valence-corrected chi connectivity index (χ0v) is 18.9. The average Bonchev–Trinajstić information content (AvgIpc) is 2.96. The van der Waals surface area contributed by atoms with E-state index in [2.05, 4.69) is 31.9 Å². The average molecular weight is 532 g/mol. The normalized spacial score (nSPS) is 18.8. The van der Waals surface area contributed by atoms with Crippen molar-refractivity contribution in [3.05, 3.63) is 87.3 Å². The molecule has 3 aromatic carbocycles. The van der Waals surface area contributed by atoms with Gasteiger partial charge in [-0.1, -0.05) is 31.9 Å². The number of benzene rings is 3. The highest BCUT2D eigenvalue weighted by atomic mass is 79.9. The first-order valence-corrected chi connectivity index (χ1v) is 10.5. The molecule has 1 N–H and O–H groups in total. The van der Waals surface area contributed by atoms with Gasteiger partial charge in [-0.05, 0) is 72.8 Å². The topological polar surface area (TPSA) is 70.1 Å². The third-order valence-electron chi connectivity index (χ3n) is 4.87. The highest BCUT2D eigenvalue weighted by Gasteiger charge is 2.59. The van der Waals surface area contributed by atoms with Crippen LogP contribution in [0.15, 0.2) is 81.7 Å². The summed E-state index contributed by atoms with van der Waals surface area (Å²) in [5.74, 6) is -0.193. The fourth-order valence-electron chi connectivity index (χ4n) is 3.36. The lowest BCUT2D eigenvalue weighted by atomic mass is 10.00. The lowest BCUT2D eigenvalue weighted by Gasteiger charge is -2.30. The Bertz CT molecular complexity index is 1100. The van der Waals surface area contributed by atoms with Gasteiger partial charge >= 0.3 is 6.03 Å². The number of aliphatic hydroxyl groups is 1. The summed E-state index contributed by atoms with van der Waals surface area (Å²) in [5.41, 5.74) is -1.22. The van der Waals surface area contributed by atoms with Crippen LogP contribution in [0.25, 0.3) is 0 Å². The minimum Gasteiger partial charge on any atom is -0.497 e. The van der Waals surface area contributed by atoms with E-state index in [1.165, 1.54) is 7.11 Å². The highest BCUT2D eigenvalue weighted by molar-refractivity contribution is 9.10. The van der Waals surface area contributed by atoms with Crippen molar-refractivity contribution in [1.29, 1.82) is 0 Å². The molecule has 4 rings (SSSR count). The molecule has 152 valence electrons. The molecular weight excluding hydrogens is 516 g/mol. The van der Waals surface area contributed by atoms with E-state index in [0.717, 1.165) is 18.7 Å². The number of carbonyl (C=O) groups excluding carboxylic acids is 2. The number of nitrogens with zero attached hydrogens (tertiary/aromatic N) is 2. The molecule has 0 aromatic heterocycles. The smallest absolute Gasteiger partial charge is 0.339 e. The van der Waals surface area contributed by atoms with Gasteiger partial charge in [-0.2, -0.15) is 0 Å². The van der Waals surface area contributed by atoms with Crippen molar-refractivity contribution in [2.75, 3.05) is 16.9 Å². The molecule has 1 unspecified atom stereocenters. The summed E-state index contributed by atoms with van der Waals surface area (Å²) in [7, 11) is 1.53. The van der Waals surface area contributed by atoms with Crippen LogP contribution in [0.2, 0.25) is 0 Å². The third-order valence-corrected chi connectivity index (χ3v) is 5.93. The largest absolute Gasteiger partial charge is 0.497 e. The zero-order chi connectivity index (χ0) is 21.5. The van der Waals surface area contributed by atoms with Crippen LogP contribution in [0, 0.1) is 0 Å². The lowest BCUT2D eigenvalue weighted by molar-refractivity contribution is -0.133. The van der Waals surface area contributed by atoms with Gasteiger partial charge in [0.1, 0.15) is 5.75 Å². The van der Waals surface area contributed by atoms with Gasteiger partial charge in [-0.3, -0.25) is 9.69 Å². The van der Waals surface area contributed by atoms with Crippen molar-refractivity contribution < 1.29 is 19.4 Å². The van der Waals surface area contributed by atoms with Crippen LogP contribution in [0.5, 0.6) is 5.75 Å². The van der Waals surface area contributed by atoms with Crippen molar-refractivity contribution >= 4 is 55.2 Å². The van der Waals surface area contributed by atoms with E-state index in [0.29, 0.717) is 17.1 Å². The van der Waals surface area contributed by atoms with Crippen molar-refractivity contribution in [2.45, 2.75) is 5.72 Å². The molecular formula is C22H16Br2N2O4. The van der Waals surface area contributed by atoms with Crippen molar-refractivity contribution in [3.8, 4) is 5.75 Å². The van der Waals surface area contributed by atoms with E-state index in [1.807, 2.05) is 0 Å². The number of hydrogen-bond acceptors (Lipinski definition) is 4. The van der Waals surface area contributed by atoms with Gasteiger partial charge in [0.2, 0.25) is 0 Å². The second kappa shape index (κ2) is 7.86. The Kier molecular flexibility index (Phi) is 5.40. The summed E-state index contributed by atoms with van der Waals surface area (Å²) in [4.78, 5) is 29.0. The van der Waals surface area contributed by atoms with Crippen LogP contribution in [0.3, 0.4) is 0 Å². The maximum atomic E-state index is 13.5. The number of urea groups is 1. The van der Waals surface area contributed by atoms with E-state index in [9.17, 15) is 14.7 Å². The molecule has 30 heavy (non-hydrogen) atoms. The maximum Gasteiger partial charge on any atom is 0.339 e. The molecule has 8 heteroatoms. The second-order valence-corrected chi connectivity index (χ2v) is 8.44. The third kappa shape index (κ3) is 3.30. The molecule has 0 spiro atoms. The number of halogens is 2. The highest BCUT2D eigenvalue weighted by Crippen LogP contribution is 2.41. The van der Waals surface area contributed by atoms with E-state index >= 15 is 0 Å². The number of ether oxygens (including phenoxy) is 1. The van der Waals surface area contributed by atoms with Crippen LogP contribution < -0.4 is 14.5 Å². The molecule has 3 aromatic rings. The molecule has 1 atom stereocenters. The van der Waals surface area contributed by atoms with Gasteiger partial charge in [0, 0.05) is 20.2 Å². The van der Waals surface area contributed by atoms with E-state index in [-0.39, 0.29) is 5.56 Å². The SMILES string of the molecule is COc1ccc(C2(O)C(=O)N(c3ccc(Br)cc3)C(=O)N2c2ccc(Br)cc2)cc1. The maximum absolute atomic E-state index is 13.5. The molecule has 0 saturated carbocycles. The number of anilines is 2. The Hall–Kier alpha value is -2.68.